The van der Waals surface area contributed by atoms with E-state index in [4.69, 9.17) is 5.11 Å². The maximum atomic E-state index is 11.4. The minimum absolute atomic E-state index is 0.152. The van der Waals surface area contributed by atoms with Gasteiger partial charge in [0.05, 0.1) is 12.3 Å². The van der Waals surface area contributed by atoms with E-state index in [1.165, 1.54) is 11.8 Å². The molecule has 0 fully saturated rings. The van der Waals surface area contributed by atoms with Gasteiger partial charge < -0.3 is 15.5 Å². The van der Waals surface area contributed by atoms with E-state index in [-0.39, 0.29) is 18.2 Å². The molecule has 0 saturated heterocycles. The Morgan fingerprint density at radius 3 is 2.61 bits per heavy atom. The zero-order valence-electron chi connectivity index (χ0n) is 9.79. The molecule has 0 aliphatic rings. The molecule has 3 N–H and O–H groups in total. The van der Waals surface area contributed by atoms with Crippen molar-refractivity contribution < 1.29 is 19.8 Å². The summed E-state index contributed by atoms with van der Waals surface area (Å²) in [4.78, 5) is 26.8. The Labute approximate surface area is 108 Å². The monoisotopic (exact) mass is 270 g/mol. The number of carbonyl (C=O) groups is 2. The maximum absolute atomic E-state index is 11.4. The van der Waals surface area contributed by atoms with Gasteiger partial charge in [-0.15, -0.1) is 11.8 Å². The number of aliphatic hydroxyl groups is 1. The molecule has 0 bridgehead atoms. The van der Waals surface area contributed by atoms with Gasteiger partial charge >= 0.3 is 5.97 Å². The largest absolute Gasteiger partial charge is 0.479 e. The Morgan fingerprint density at radius 1 is 1.44 bits per heavy atom. The van der Waals surface area contributed by atoms with Crippen LogP contribution in [0.2, 0.25) is 0 Å². The molecule has 1 aromatic heterocycles. The molecule has 1 heterocycles. The molecule has 0 saturated carbocycles. The van der Waals surface area contributed by atoms with E-state index < -0.39 is 11.6 Å². The maximum Gasteiger partial charge on any atom is 0.337 e. The van der Waals surface area contributed by atoms with Crippen LogP contribution in [0.1, 0.15) is 6.92 Å². The minimum atomic E-state index is -1.95. The van der Waals surface area contributed by atoms with Crippen LogP contribution in [0.3, 0.4) is 0 Å². The summed E-state index contributed by atoms with van der Waals surface area (Å²) in [6, 6.07) is 3.54. The highest BCUT2D eigenvalue weighted by atomic mass is 32.2. The number of hydrogen-bond acceptors (Lipinski definition) is 5. The first-order valence-electron chi connectivity index (χ1n) is 5.17. The van der Waals surface area contributed by atoms with Crippen molar-refractivity contribution in [3.63, 3.8) is 0 Å². The predicted octanol–water partition coefficient (Wildman–Crippen LogP) is 0.125. The zero-order chi connectivity index (χ0) is 13.6. The zero-order valence-corrected chi connectivity index (χ0v) is 10.6. The van der Waals surface area contributed by atoms with Crippen LogP contribution in [-0.2, 0) is 9.59 Å². The normalized spacial score (nSPS) is 13.7. The fourth-order valence-corrected chi connectivity index (χ4v) is 1.69. The number of hydrogen-bond donors (Lipinski definition) is 3. The molecule has 0 aromatic carbocycles. The number of amides is 1. The number of nitrogens with one attached hydrogen (secondary N) is 1. The topological polar surface area (TPSA) is 99.5 Å². The third-order valence-electron chi connectivity index (χ3n) is 2.11. The lowest BCUT2D eigenvalue weighted by atomic mass is 10.1. The van der Waals surface area contributed by atoms with Crippen LogP contribution in [0.4, 0.5) is 0 Å². The van der Waals surface area contributed by atoms with Crippen LogP contribution < -0.4 is 5.32 Å². The van der Waals surface area contributed by atoms with Gasteiger partial charge in [-0.05, 0) is 19.1 Å². The lowest BCUT2D eigenvalue weighted by Gasteiger charge is -2.18. The molecule has 18 heavy (non-hydrogen) atoms. The van der Waals surface area contributed by atoms with Gasteiger partial charge in [0.15, 0.2) is 5.60 Å². The third-order valence-corrected chi connectivity index (χ3v) is 3.12. The van der Waals surface area contributed by atoms with Gasteiger partial charge in [-0.2, -0.15) is 0 Å². The minimum Gasteiger partial charge on any atom is -0.479 e. The Bertz CT molecular complexity index is 422. The molecule has 98 valence electrons. The van der Waals surface area contributed by atoms with Crippen molar-refractivity contribution in [2.45, 2.75) is 17.4 Å². The molecule has 1 atom stereocenters. The average Bonchev–Trinajstić information content (AvgIpc) is 2.35. The second-order valence-electron chi connectivity index (χ2n) is 3.83. The molecule has 0 radical (unpaired) electrons. The van der Waals surface area contributed by atoms with Crippen molar-refractivity contribution >= 4 is 23.6 Å². The number of aliphatic carboxylic acids is 1. The van der Waals surface area contributed by atoms with Gasteiger partial charge in [0.2, 0.25) is 5.91 Å². The van der Waals surface area contributed by atoms with E-state index in [2.05, 4.69) is 10.3 Å². The molecule has 1 amide bonds. The lowest BCUT2D eigenvalue weighted by Crippen LogP contribution is -2.46. The quantitative estimate of drug-likeness (QED) is 0.635. The van der Waals surface area contributed by atoms with Gasteiger partial charge in [-0.25, -0.2) is 4.79 Å². The van der Waals surface area contributed by atoms with Crippen LogP contribution in [0.25, 0.3) is 0 Å². The fraction of sp³-hybridized carbons (Fsp3) is 0.364. The summed E-state index contributed by atoms with van der Waals surface area (Å²) >= 11 is 1.31. The summed E-state index contributed by atoms with van der Waals surface area (Å²) in [6.45, 7) is 0.809. The first kappa shape index (κ1) is 14.5. The number of aromatic nitrogens is 1. The molecular weight excluding hydrogens is 256 g/mol. The molecule has 7 heteroatoms. The molecule has 0 aliphatic heterocycles. The smallest absolute Gasteiger partial charge is 0.337 e. The summed E-state index contributed by atoms with van der Waals surface area (Å²) < 4.78 is 0. The highest BCUT2D eigenvalue weighted by molar-refractivity contribution is 8.00. The Morgan fingerprint density at radius 2 is 2.06 bits per heavy atom. The van der Waals surface area contributed by atoms with E-state index in [1.807, 2.05) is 0 Å². The number of carboxylic acids is 1. The average molecular weight is 270 g/mol. The van der Waals surface area contributed by atoms with E-state index >= 15 is 0 Å². The molecule has 0 aliphatic carbocycles. The number of pyridine rings is 1. The summed E-state index contributed by atoms with van der Waals surface area (Å²) in [7, 11) is 0. The number of thioether (sulfide) groups is 1. The second kappa shape index (κ2) is 6.36. The molecule has 0 spiro atoms. The molecule has 1 aromatic rings. The standard InChI is InChI=1S/C11H14N2O4S/c1-11(17,10(15)16)7-13-9(14)6-18-8-2-4-12-5-3-8/h2-5,17H,6-7H2,1H3,(H,13,14)(H,15,16). The highest BCUT2D eigenvalue weighted by Gasteiger charge is 2.30. The Kier molecular flexibility index (Phi) is 5.11. The van der Waals surface area contributed by atoms with Crippen molar-refractivity contribution in [1.82, 2.24) is 10.3 Å². The summed E-state index contributed by atoms with van der Waals surface area (Å²) in [5.41, 5.74) is -1.95. The van der Waals surface area contributed by atoms with E-state index in [0.717, 1.165) is 11.8 Å². The SMILES string of the molecule is CC(O)(CNC(=O)CSc1ccncc1)C(=O)O. The van der Waals surface area contributed by atoms with Crippen molar-refractivity contribution in [2.75, 3.05) is 12.3 Å². The first-order chi connectivity index (χ1) is 8.42. The van der Waals surface area contributed by atoms with Gasteiger partial charge in [-0.1, -0.05) is 0 Å². The predicted molar refractivity (Wildman–Crippen MR) is 66.2 cm³/mol. The summed E-state index contributed by atoms with van der Waals surface area (Å²) in [5.74, 6) is -1.55. The van der Waals surface area contributed by atoms with Gasteiger partial charge in [0.25, 0.3) is 0 Å². The molecule has 1 unspecified atom stereocenters. The molecular formula is C11H14N2O4S. The fourth-order valence-electron chi connectivity index (χ4n) is 0.981. The lowest BCUT2D eigenvalue weighted by molar-refractivity contribution is -0.156. The van der Waals surface area contributed by atoms with E-state index in [0.29, 0.717) is 0 Å². The van der Waals surface area contributed by atoms with Crippen molar-refractivity contribution in [2.24, 2.45) is 0 Å². The number of nitrogens with zero attached hydrogens (tertiary/aromatic N) is 1. The van der Waals surface area contributed by atoms with Crippen molar-refractivity contribution in [3.05, 3.63) is 24.5 Å². The molecule has 1 rings (SSSR count). The highest BCUT2D eigenvalue weighted by Crippen LogP contribution is 2.15. The van der Waals surface area contributed by atoms with E-state index in [9.17, 15) is 14.7 Å². The van der Waals surface area contributed by atoms with Crippen LogP contribution in [0.5, 0.6) is 0 Å². The molecule has 6 nitrogen and oxygen atoms in total. The van der Waals surface area contributed by atoms with Gasteiger partial charge in [-0.3, -0.25) is 9.78 Å². The summed E-state index contributed by atoms with van der Waals surface area (Å²) in [6.07, 6.45) is 3.24. The van der Waals surface area contributed by atoms with Crippen LogP contribution >= 0.6 is 11.8 Å². The first-order valence-corrected chi connectivity index (χ1v) is 6.15. The van der Waals surface area contributed by atoms with Crippen LogP contribution in [-0.4, -0.2) is 45.0 Å². The van der Waals surface area contributed by atoms with Crippen molar-refractivity contribution in [1.29, 1.82) is 0 Å². The van der Waals surface area contributed by atoms with Gasteiger partial charge in [0, 0.05) is 17.3 Å². The number of carbonyl (C=O) groups excluding carboxylic acids is 1. The van der Waals surface area contributed by atoms with E-state index in [1.54, 1.807) is 24.5 Å². The van der Waals surface area contributed by atoms with Gasteiger partial charge in [0.1, 0.15) is 0 Å². The van der Waals surface area contributed by atoms with Crippen molar-refractivity contribution in [3.8, 4) is 0 Å². The number of rotatable bonds is 6. The Balaban J connectivity index is 2.33. The Hall–Kier alpha value is -1.60. The van der Waals surface area contributed by atoms with Crippen LogP contribution in [0.15, 0.2) is 29.4 Å². The van der Waals surface area contributed by atoms with Crippen LogP contribution in [0, 0.1) is 0 Å². The second-order valence-corrected chi connectivity index (χ2v) is 4.88. The third kappa shape index (κ3) is 4.72. The summed E-state index contributed by atoms with van der Waals surface area (Å²) in [5, 5.41) is 20.4. The number of carboxylic acid groups (broad SMARTS) is 1.